The van der Waals surface area contributed by atoms with Crippen LogP contribution in [0.1, 0.15) is 91.0 Å². The Morgan fingerprint density at radius 3 is 2.08 bits per heavy atom. The van der Waals surface area contributed by atoms with E-state index in [1.54, 1.807) is 36.4 Å². The van der Waals surface area contributed by atoms with Gasteiger partial charge in [0.15, 0.2) is 0 Å². The van der Waals surface area contributed by atoms with E-state index in [0.717, 1.165) is 18.4 Å². The Kier molecular flexibility index (Phi) is 11.6. The van der Waals surface area contributed by atoms with Gasteiger partial charge in [0.1, 0.15) is 17.9 Å². The molecule has 1 saturated carbocycles. The van der Waals surface area contributed by atoms with E-state index in [-0.39, 0.29) is 24.4 Å². The number of rotatable bonds is 15. The van der Waals surface area contributed by atoms with Crippen LogP contribution in [0.15, 0.2) is 48.5 Å². The van der Waals surface area contributed by atoms with Crippen molar-refractivity contribution in [3.63, 3.8) is 0 Å². The SMILES string of the molecule is C[C@H](NP(=O)(OCc1ccccc1C1OC(C#N)C(C(C)(C)C(=O)O)C1C(C)(C)C(=O)O)Oc1ccc(C(C)(C)C)cc1)C(=O)OCC1CC1. The predicted octanol–water partition coefficient (Wildman–Crippen LogP) is 7.04. The van der Waals surface area contributed by atoms with Crippen LogP contribution in [-0.2, 0) is 45.0 Å². The molecule has 1 aliphatic carbocycles. The second-order valence-corrected chi connectivity index (χ2v) is 17.2. The summed E-state index contributed by atoms with van der Waals surface area (Å²) in [6, 6.07) is 14.8. The lowest BCUT2D eigenvalue weighted by molar-refractivity contribution is -0.159. The van der Waals surface area contributed by atoms with Crippen LogP contribution in [0, 0.1) is 39.9 Å². The Bertz CT molecular complexity index is 1660. The summed E-state index contributed by atoms with van der Waals surface area (Å²) in [6.45, 7) is 13.5. The lowest BCUT2D eigenvalue weighted by Gasteiger charge is -2.40. The van der Waals surface area contributed by atoms with E-state index in [1.807, 2.05) is 12.1 Å². The molecule has 50 heavy (non-hydrogen) atoms. The zero-order valence-corrected chi connectivity index (χ0v) is 30.9. The normalized spacial score (nSPS) is 22.9. The minimum Gasteiger partial charge on any atom is -0.481 e. The second-order valence-electron chi connectivity index (χ2n) is 15.5. The van der Waals surface area contributed by atoms with E-state index in [9.17, 15) is 34.4 Å². The van der Waals surface area contributed by atoms with E-state index < -0.39 is 66.6 Å². The molecule has 2 fully saturated rings. The number of esters is 1. The van der Waals surface area contributed by atoms with Gasteiger partial charge in [-0.15, -0.1) is 0 Å². The zero-order chi connectivity index (χ0) is 37.2. The zero-order valence-electron chi connectivity index (χ0n) is 30.0. The van der Waals surface area contributed by atoms with E-state index in [4.69, 9.17) is 18.5 Å². The van der Waals surface area contributed by atoms with Gasteiger partial charge in [-0.25, -0.2) is 4.57 Å². The smallest absolute Gasteiger partial charge is 0.459 e. The number of carbonyl (C=O) groups excluding carboxylic acids is 1. The fourth-order valence-electron chi connectivity index (χ4n) is 6.26. The first kappa shape index (κ1) is 39.0. The van der Waals surface area contributed by atoms with Gasteiger partial charge in [-0.2, -0.15) is 10.3 Å². The Morgan fingerprint density at radius 2 is 1.54 bits per heavy atom. The molecule has 0 bridgehead atoms. The summed E-state index contributed by atoms with van der Waals surface area (Å²) in [4.78, 5) is 37.9. The third kappa shape index (κ3) is 8.75. The average Bonchev–Trinajstić information content (AvgIpc) is 3.78. The molecule has 12 nitrogen and oxygen atoms in total. The van der Waals surface area contributed by atoms with Gasteiger partial charge >= 0.3 is 25.7 Å². The minimum absolute atomic E-state index is 0.140. The molecule has 0 radical (unpaired) electrons. The Labute approximate surface area is 294 Å². The Morgan fingerprint density at radius 1 is 0.960 bits per heavy atom. The van der Waals surface area contributed by atoms with Crippen LogP contribution in [0.3, 0.4) is 0 Å². The van der Waals surface area contributed by atoms with Crippen molar-refractivity contribution in [1.29, 1.82) is 5.26 Å². The van der Waals surface area contributed by atoms with Crippen molar-refractivity contribution in [1.82, 2.24) is 5.09 Å². The number of nitriles is 1. The van der Waals surface area contributed by atoms with Gasteiger partial charge in [0.05, 0.1) is 36.2 Å². The molecule has 0 aromatic heterocycles. The summed E-state index contributed by atoms with van der Waals surface area (Å²) >= 11 is 0. The lowest BCUT2D eigenvalue weighted by atomic mass is 9.60. The highest BCUT2D eigenvalue weighted by Crippen LogP contribution is 2.57. The van der Waals surface area contributed by atoms with Crippen molar-refractivity contribution < 1.29 is 47.7 Å². The number of nitrogens with one attached hydrogen (secondary N) is 1. The third-order valence-electron chi connectivity index (χ3n) is 9.79. The van der Waals surface area contributed by atoms with Gasteiger partial charge in [-0.05, 0) is 87.6 Å². The largest absolute Gasteiger partial charge is 0.481 e. The number of carbonyl (C=O) groups is 3. The molecular formula is C37H49N2O10P. The first-order valence-corrected chi connectivity index (χ1v) is 18.3. The maximum atomic E-state index is 14.4. The Hall–Kier alpha value is -3.75. The van der Waals surface area contributed by atoms with Gasteiger partial charge in [-0.1, -0.05) is 57.2 Å². The quantitative estimate of drug-likeness (QED) is 0.127. The van der Waals surface area contributed by atoms with Crippen molar-refractivity contribution in [2.75, 3.05) is 6.61 Å². The van der Waals surface area contributed by atoms with Crippen LogP contribution in [0.25, 0.3) is 0 Å². The van der Waals surface area contributed by atoms with E-state index in [0.29, 0.717) is 17.0 Å². The summed E-state index contributed by atoms with van der Waals surface area (Å²) in [5, 5.41) is 33.3. The van der Waals surface area contributed by atoms with Crippen molar-refractivity contribution in [3.8, 4) is 11.8 Å². The highest BCUT2D eigenvalue weighted by atomic mass is 31.2. The van der Waals surface area contributed by atoms with Gasteiger partial charge in [0.25, 0.3) is 0 Å². The van der Waals surface area contributed by atoms with E-state index in [1.165, 1.54) is 34.6 Å². The van der Waals surface area contributed by atoms with Gasteiger partial charge in [-0.3, -0.25) is 18.9 Å². The molecule has 5 unspecified atom stereocenters. The maximum Gasteiger partial charge on any atom is 0.459 e. The highest BCUT2D eigenvalue weighted by Gasteiger charge is 2.61. The van der Waals surface area contributed by atoms with Crippen molar-refractivity contribution in [3.05, 3.63) is 65.2 Å². The van der Waals surface area contributed by atoms with Crippen LogP contribution in [0.4, 0.5) is 0 Å². The molecule has 2 aliphatic rings. The molecule has 1 saturated heterocycles. The van der Waals surface area contributed by atoms with Crippen molar-refractivity contribution in [2.24, 2.45) is 28.6 Å². The number of carboxylic acids is 2. The number of nitrogens with zero attached hydrogens (tertiary/aromatic N) is 1. The molecule has 13 heteroatoms. The number of hydrogen-bond donors (Lipinski definition) is 3. The van der Waals surface area contributed by atoms with Crippen LogP contribution in [-0.4, -0.2) is 46.9 Å². The first-order valence-electron chi connectivity index (χ1n) is 16.8. The second kappa shape index (κ2) is 14.8. The predicted molar refractivity (Wildman–Crippen MR) is 184 cm³/mol. The van der Waals surface area contributed by atoms with Crippen molar-refractivity contribution >= 4 is 25.7 Å². The molecule has 6 atom stereocenters. The highest BCUT2D eigenvalue weighted by molar-refractivity contribution is 7.52. The number of benzene rings is 2. The summed E-state index contributed by atoms with van der Waals surface area (Å²) in [5.74, 6) is -4.40. The summed E-state index contributed by atoms with van der Waals surface area (Å²) in [6.07, 6.45) is -0.298. The summed E-state index contributed by atoms with van der Waals surface area (Å²) in [5.41, 5.74) is -1.30. The number of hydrogen-bond acceptors (Lipinski definition) is 9. The number of ether oxygens (including phenoxy) is 2. The summed E-state index contributed by atoms with van der Waals surface area (Å²) in [7, 11) is -4.30. The fraction of sp³-hybridized carbons (Fsp3) is 0.568. The van der Waals surface area contributed by atoms with E-state index >= 15 is 0 Å². The van der Waals surface area contributed by atoms with Crippen LogP contribution >= 0.6 is 7.75 Å². The topological polar surface area (TPSA) is 181 Å². The third-order valence-corrected chi connectivity index (χ3v) is 11.4. The van der Waals surface area contributed by atoms with Crippen LogP contribution < -0.4 is 9.61 Å². The van der Waals surface area contributed by atoms with E-state index in [2.05, 4.69) is 31.9 Å². The minimum atomic E-state index is -4.30. The molecule has 3 N–H and O–H groups in total. The van der Waals surface area contributed by atoms with Gasteiger partial charge in [0, 0.05) is 11.8 Å². The number of aliphatic carboxylic acids is 2. The van der Waals surface area contributed by atoms with Crippen LogP contribution in [0.2, 0.25) is 0 Å². The van der Waals surface area contributed by atoms with Gasteiger partial charge < -0.3 is 24.2 Å². The number of carboxylic acid groups (broad SMARTS) is 2. The molecule has 1 aliphatic heterocycles. The standard InChI is InChI=1S/C37H49N2O10P/c1-22(32(40)46-20-23-13-14-23)39-50(45,49-26-17-15-25(16-18-26)35(2,3)4)47-21-24-11-9-10-12-27(24)31-30(37(7,8)34(43)44)29(28(19-38)48-31)36(5,6)33(41)42/h9-12,15-18,22-23,28-31H,13-14,20-21H2,1-8H3,(H,39,45)(H,41,42)(H,43,44)/t22-,28?,29?,30?,31?,50?/m0/s1. The average molecular weight is 713 g/mol. The molecule has 1 heterocycles. The fourth-order valence-corrected chi connectivity index (χ4v) is 7.73. The first-order chi connectivity index (χ1) is 23.2. The molecule has 4 rings (SSSR count). The van der Waals surface area contributed by atoms with Crippen LogP contribution in [0.5, 0.6) is 5.75 Å². The Balaban J connectivity index is 1.69. The summed E-state index contributed by atoms with van der Waals surface area (Å²) < 4.78 is 38.0. The molecule has 0 spiro atoms. The van der Waals surface area contributed by atoms with Crippen molar-refractivity contribution in [2.45, 2.75) is 98.5 Å². The maximum absolute atomic E-state index is 14.4. The molecule has 2 aromatic carbocycles. The molecule has 272 valence electrons. The molecule has 0 amide bonds. The molecule has 2 aromatic rings. The van der Waals surface area contributed by atoms with Gasteiger partial charge in [0.2, 0.25) is 0 Å². The monoisotopic (exact) mass is 712 g/mol. The lowest BCUT2D eigenvalue weighted by Crippen LogP contribution is -2.47. The molecular weight excluding hydrogens is 663 g/mol.